The van der Waals surface area contributed by atoms with E-state index in [1.807, 2.05) is 49.5 Å². The lowest BCUT2D eigenvalue weighted by atomic mass is 10.1. The number of hydrogen-bond acceptors (Lipinski definition) is 6. The Labute approximate surface area is 160 Å². The molecule has 3 aromatic heterocycles. The number of methoxy groups -OCH3 is 1. The van der Waals surface area contributed by atoms with Gasteiger partial charge < -0.3 is 10.1 Å². The second-order valence-electron chi connectivity index (χ2n) is 6.40. The summed E-state index contributed by atoms with van der Waals surface area (Å²) in [4.78, 5) is 9.56. The Hall–Kier alpha value is -3.94. The van der Waals surface area contributed by atoms with Crippen LogP contribution in [0.25, 0.3) is 33.3 Å². The first-order valence-electron chi connectivity index (χ1n) is 8.76. The quantitative estimate of drug-likeness (QED) is 0.501. The molecule has 0 spiro atoms. The molecule has 8 nitrogen and oxygen atoms in total. The largest absolute Gasteiger partial charge is 0.497 e. The maximum atomic E-state index is 5.32. The van der Waals surface area contributed by atoms with Crippen molar-refractivity contribution in [3.63, 3.8) is 0 Å². The Balaban J connectivity index is 1.69. The molecule has 2 aromatic carbocycles. The van der Waals surface area contributed by atoms with Gasteiger partial charge in [-0.25, -0.2) is 9.97 Å². The van der Waals surface area contributed by atoms with Gasteiger partial charge in [0, 0.05) is 29.8 Å². The highest BCUT2D eigenvalue weighted by molar-refractivity contribution is 5.95. The van der Waals surface area contributed by atoms with E-state index in [1.54, 1.807) is 24.2 Å². The molecule has 0 amide bonds. The summed E-state index contributed by atoms with van der Waals surface area (Å²) in [6, 6.07) is 13.6. The summed E-state index contributed by atoms with van der Waals surface area (Å²) in [6.45, 7) is 0. The summed E-state index contributed by atoms with van der Waals surface area (Å²) < 4.78 is 7.06. The smallest absolute Gasteiger partial charge is 0.164 e. The monoisotopic (exact) mass is 371 g/mol. The van der Waals surface area contributed by atoms with Crippen molar-refractivity contribution in [3.05, 3.63) is 54.9 Å². The molecule has 0 fully saturated rings. The van der Waals surface area contributed by atoms with E-state index < -0.39 is 0 Å². The van der Waals surface area contributed by atoms with Gasteiger partial charge in [-0.2, -0.15) is 10.2 Å². The van der Waals surface area contributed by atoms with Crippen molar-refractivity contribution < 1.29 is 4.74 Å². The molecule has 0 radical (unpaired) electrons. The number of nitrogens with zero attached hydrogens (tertiary/aromatic N) is 5. The molecule has 0 aliphatic heterocycles. The Morgan fingerprint density at radius 3 is 2.82 bits per heavy atom. The van der Waals surface area contributed by atoms with Gasteiger partial charge in [0.25, 0.3) is 0 Å². The molecule has 3 heterocycles. The van der Waals surface area contributed by atoms with E-state index in [-0.39, 0.29) is 0 Å². The van der Waals surface area contributed by atoms with Crippen molar-refractivity contribution in [2.24, 2.45) is 7.05 Å². The van der Waals surface area contributed by atoms with E-state index in [4.69, 9.17) is 14.7 Å². The number of aryl methyl sites for hydroxylation is 1. The Morgan fingerprint density at radius 2 is 1.93 bits per heavy atom. The highest BCUT2D eigenvalue weighted by Gasteiger charge is 2.15. The third-order valence-electron chi connectivity index (χ3n) is 4.65. The molecule has 5 aromatic rings. The lowest BCUT2D eigenvalue weighted by Gasteiger charge is -2.10. The maximum Gasteiger partial charge on any atom is 0.164 e. The number of fused-ring (bicyclic) bond motifs is 2. The number of nitrogens with one attached hydrogen (secondary N) is 2. The molecule has 5 rings (SSSR count). The fourth-order valence-electron chi connectivity index (χ4n) is 3.24. The van der Waals surface area contributed by atoms with Crippen LogP contribution >= 0.6 is 0 Å². The molecule has 2 N–H and O–H groups in total. The Kier molecular flexibility index (Phi) is 3.68. The number of anilines is 2. The van der Waals surface area contributed by atoms with Crippen LogP contribution in [-0.4, -0.2) is 37.1 Å². The second-order valence-corrected chi connectivity index (χ2v) is 6.40. The fourth-order valence-corrected chi connectivity index (χ4v) is 3.24. The summed E-state index contributed by atoms with van der Waals surface area (Å²) in [5, 5.41) is 16.7. The molecule has 0 unspecified atom stereocenters. The number of H-pyrrole nitrogens is 1. The van der Waals surface area contributed by atoms with Crippen LogP contribution in [0.3, 0.4) is 0 Å². The first kappa shape index (κ1) is 16.2. The minimum Gasteiger partial charge on any atom is -0.497 e. The third-order valence-corrected chi connectivity index (χ3v) is 4.65. The standard InChI is InChI=1S/C20H17N7O/c1-27-20-16(11-22-27)19(23-12-5-3-6-13(9-12)28-2)24-18(25-20)14-7-4-8-17-15(14)10-21-26-17/h3-11H,1-2H3,(H,21,26)(H,23,24,25). The van der Waals surface area contributed by atoms with E-state index in [9.17, 15) is 0 Å². The van der Waals surface area contributed by atoms with Crippen LogP contribution in [-0.2, 0) is 7.05 Å². The predicted molar refractivity (Wildman–Crippen MR) is 108 cm³/mol. The minimum absolute atomic E-state index is 0.605. The molecule has 0 atom stereocenters. The van der Waals surface area contributed by atoms with Crippen LogP contribution in [0, 0.1) is 0 Å². The molecule has 8 heteroatoms. The van der Waals surface area contributed by atoms with Crippen LogP contribution in [0.1, 0.15) is 0 Å². The molecule has 0 aliphatic rings. The van der Waals surface area contributed by atoms with Crippen molar-refractivity contribution in [1.82, 2.24) is 29.9 Å². The van der Waals surface area contributed by atoms with Crippen LogP contribution in [0.5, 0.6) is 5.75 Å². The van der Waals surface area contributed by atoms with Crippen molar-refractivity contribution in [2.45, 2.75) is 0 Å². The van der Waals surface area contributed by atoms with Crippen molar-refractivity contribution in [3.8, 4) is 17.1 Å². The van der Waals surface area contributed by atoms with Crippen LogP contribution in [0.4, 0.5) is 11.5 Å². The molecule has 0 saturated heterocycles. The summed E-state index contributed by atoms with van der Waals surface area (Å²) in [7, 11) is 3.51. The lowest BCUT2D eigenvalue weighted by Crippen LogP contribution is -2.01. The molecule has 28 heavy (non-hydrogen) atoms. The van der Waals surface area contributed by atoms with Gasteiger partial charge in [0.05, 0.1) is 30.4 Å². The molecular weight excluding hydrogens is 354 g/mol. The van der Waals surface area contributed by atoms with Gasteiger partial charge in [-0.05, 0) is 18.2 Å². The van der Waals surface area contributed by atoms with Crippen LogP contribution in [0.2, 0.25) is 0 Å². The molecule has 0 saturated carbocycles. The van der Waals surface area contributed by atoms with Gasteiger partial charge in [0.15, 0.2) is 11.5 Å². The van der Waals surface area contributed by atoms with E-state index in [1.165, 1.54) is 0 Å². The summed E-state index contributed by atoms with van der Waals surface area (Å²) in [6.07, 6.45) is 3.55. The first-order chi connectivity index (χ1) is 13.7. The topological polar surface area (TPSA) is 93.5 Å². The maximum absolute atomic E-state index is 5.32. The van der Waals surface area contributed by atoms with E-state index in [0.717, 1.165) is 38.9 Å². The van der Waals surface area contributed by atoms with Crippen molar-refractivity contribution in [1.29, 1.82) is 0 Å². The number of aromatic nitrogens is 6. The third kappa shape index (κ3) is 2.62. The summed E-state index contributed by atoms with van der Waals surface area (Å²) in [5.74, 6) is 2.06. The van der Waals surface area contributed by atoms with Crippen molar-refractivity contribution >= 4 is 33.4 Å². The summed E-state index contributed by atoms with van der Waals surface area (Å²) >= 11 is 0. The average Bonchev–Trinajstić information content (AvgIpc) is 3.35. The zero-order chi connectivity index (χ0) is 19.1. The van der Waals surface area contributed by atoms with Gasteiger partial charge in [-0.1, -0.05) is 18.2 Å². The van der Waals surface area contributed by atoms with Gasteiger partial charge in [-0.3, -0.25) is 9.78 Å². The number of ether oxygens (including phenoxy) is 1. The number of benzene rings is 2. The summed E-state index contributed by atoms with van der Waals surface area (Å²) in [5.41, 5.74) is 3.46. The number of hydrogen-bond donors (Lipinski definition) is 2. The van der Waals surface area contributed by atoms with E-state index in [0.29, 0.717) is 11.6 Å². The average molecular weight is 371 g/mol. The minimum atomic E-state index is 0.605. The zero-order valence-corrected chi connectivity index (χ0v) is 15.3. The Bertz CT molecular complexity index is 1300. The highest BCUT2D eigenvalue weighted by Crippen LogP contribution is 2.30. The molecule has 0 bridgehead atoms. The van der Waals surface area contributed by atoms with Crippen molar-refractivity contribution in [2.75, 3.05) is 12.4 Å². The van der Waals surface area contributed by atoms with Gasteiger partial charge in [0.1, 0.15) is 11.6 Å². The molecular formula is C20H17N7O. The second kappa shape index (κ2) is 6.34. The van der Waals surface area contributed by atoms with E-state index >= 15 is 0 Å². The zero-order valence-electron chi connectivity index (χ0n) is 15.3. The SMILES string of the molecule is COc1cccc(Nc2nc(-c3cccc4[nH]ncc34)nc3c2cnn3C)c1. The highest BCUT2D eigenvalue weighted by atomic mass is 16.5. The first-order valence-corrected chi connectivity index (χ1v) is 8.76. The normalized spacial score (nSPS) is 11.2. The molecule has 0 aliphatic carbocycles. The number of rotatable bonds is 4. The number of aromatic amines is 1. The predicted octanol–water partition coefficient (Wildman–Crippen LogP) is 3.66. The molecule has 138 valence electrons. The van der Waals surface area contributed by atoms with Gasteiger partial charge in [0.2, 0.25) is 0 Å². The van der Waals surface area contributed by atoms with Gasteiger partial charge in [-0.15, -0.1) is 0 Å². The van der Waals surface area contributed by atoms with E-state index in [2.05, 4.69) is 20.6 Å². The Morgan fingerprint density at radius 1 is 1.04 bits per heavy atom. The fraction of sp³-hybridized carbons (Fsp3) is 0.100. The lowest BCUT2D eigenvalue weighted by molar-refractivity contribution is 0.415. The van der Waals surface area contributed by atoms with Crippen LogP contribution < -0.4 is 10.1 Å². The van der Waals surface area contributed by atoms with Gasteiger partial charge >= 0.3 is 0 Å². The van der Waals surface area contributed by atoms with Crippen LogP contribution in [0.15, 0.2) is 54.9 Å².